The standard InChI is InChI=1S/C25H49NO2/c1-4-26(5-2)23-21-19-17-15-13-11-9-7-6-8-10-12-14-16-18-20-22-24(3)25(27)28/h3-23H2,1-2H3,(H,27,28). The van der Waals surface area contributed by atoms with Gasteiger partial charge in [0.1, 0.15) is 0 Å². The normalized spacial score (nSPS) is 11.2. The van der Waals surface area contributed by atoms with Gasteiger partial charge in [0.05, 0.1) is 0 Å². The van der Waals surface area contributed by atoms with Gasteiger partial charge in [0.2, 0.25) is 0 Å². The van der Waals surface area contributed by atoms with Crippen molar-refractivity contribution in [2.45, 2.75) is 123 Å². The third-order valence-corrected chi connectivity index (χ3v) is 5.90. The number of hydrogen-bond donors (Lipinski definition) is 1. The van der Waals surface area contributed by atoms with Crippen LogP contribution < -0.4 is 0 Å². The first-order valence-electron chi connectivity index (χ1n) is 12.2. The molecule has 28 heavy (non-hydrogen) atoms. The van der Waals surface area contributed by atoms with Crippen molar-refractivity contribution in [3.63, 3.8) is 0 Å². The summed E-state index contributed by atoms with van der Waals surface area (Å²) >= 11 is 0. The van der Waals surface area contributed by atoms with E-state index in [0.29, 0.717) is 12.0 Å². The summed E-state index contributed by atoms with van der Waals surface area (Å²) in [6.07, 6.45) is 22.1. The smallest absolute Gasteiger partial charge is 0.330 e. The van der Waals surface area contributed by atoms with Crippen molar-refractivity contribution in [3.05, 3.63) is 12.2 Å². The van der Waals surface area contributed by atoms with Crippen molar-refractivity contribution in [3.8, 4) is 0 Å². The van der Waals surface area contributed by atoms with Crippen molar-refractivity contribution in [1.29, 1.82) is 0 Å². The van der Waals surface area contributed by atoms with Crippen LogP contribution in [-0.4, -0.2) is 35.6 Å². The number of carbonyl (C=O) groups is 1. The fraction of sp³-hybridized carbons (Fsp3) is 0.880. The Kier molecular flexibility index (Phi) is 20.3. The Morgan fingerprint density at radius 2 is 0.964 bits per heavy atom. The van der Waals surface area contributed by atoms with E-state index in [1.807, 2.05) is 0 Å². The van der Waals surface area contributed by atoms with E-state index in [-0.39, 0.29) is 0 Å². The monoisotopic (exact) mass is 395 g/mol. The lowest BCUT2D eigenvalue weighted by Gasteiger charge is -2.17. The fourth-order valence-electron chi connectivity index (χ4n) is 3.80. The first kappa shape index (κ1) is 27.2. The molecule has 0 bridgehead atoms. The average molecular weight is 396 g/mol. The molecule has 0 aliphatic carbocycles. The molecule has 0 aliphatic rings. The van der Waals surface area contributed by atoms with Crippen molar-refractivity contribution in [2.24, 2.45) is 0 Å². The van der Waals surface area contributed by atoms with E-state index >= 15 is 0 Å². The molecule has 0 atom stereocenters. The van der Waals surface area contributed by atoms with Gasteiger partial charge < -0.3 is 10.0 Å². The molecule has 0 spiro atoms. The van der Waals surface area contributed by atoms with E-state index < -0.39 is 5.97 Å². The van der Waals surface area contributed by atoms with Gasteiger partial charge in [-0.15, -0.1) is 0 Å². The van der Waals surface area contributed by atoms with Gasteiger partial charge in [0.15, 0.2) is 0 Å². The topological polar surface area (TPSA) is 40.5 Å². The molecule has 0 radical (unpaired) electrons. The maximum Gasteiger partial charge on any atom is 0.330 e. The summed E-state index contributed by atoms with van der Waals surface area (Å²) in [5.74, 6) is -0.842. The molecule has 0 rings (SSSR count). The van der Waals surface area contributed by atoms with Gasteiger partial charge in [0.25, 0.3) is 0 Å². The lowest BCUT2D eigenvalue weighted by atomic mass is 10.0. The molecule has 0 unspecified atom stereocenters. The summed E-state index contributed by atoms with van der Waals surface area (Å²) < 4.78 is 0. The molecule has 0 saturated carbocycles. The van der Waals surface area contributed by atoms with Crippen molar-refractivity contribution < 1.29 is 9.90 Å². The molecule has 0 aromatic rings. The lowest BCUT2D eigenvalue weighted by molar-refractivity contribution is -0.132. The Labute approximate surface area is 176 Å². The lowest BCUT2D eigenvalue weighted by Crippen LogP contribution is -2.23. The summed E-state index contributed by atoms with van der Waals surface area (Å²) in [6, 6.07) is 0. The minimum atomic E-state index is -0.842. The fourth-order valence-corrected chi connectivity index (χ4v) is 3.80. The highest BCUT2D eigenvalue weighted by atomic mass is 16.4. The number of carboxylic acids is 1. The van der Waals surface area contributed by atoms with Crippen molar-refractivity contribution in [2.75, 3.05) is 19.6 Å². The van der Waals surface area contributed by atoms with Crippen LogP contribution in [0.15, 0.2) is 12.2 Å². The predicted octanol–water partition coefficient (Wildman–Crippen LogP) is 7.60. The Bertz CT molecular complexity index is 364. The van der Waals surface area contributed by atoms with E-state index in [1.165, 1.54) is 110 Å². The Morgan fingerprint density at radius 3 is 1.29 bits per heavy atom. The van der Waals surface area contributed by atoms with Crippen LogP contribution in [0.25, 0.3) is 0 Å². The van der Waals surface area contributed by atoms with Gasteiger partial charge in [-0.05, 0) is 38.9 Å². The molecule has 0 saturated heterocycles. The molecule has 3 nitrogen and oxygen atoms in total. The first-order valence-corrected chi connectivity index (χ1v) is 12.2. The maximum atomic E-state index is 10.6. The number of hydrogen-bond acceptors (Lipinski definition) is 2. The van der Waals surface area contributed by atoms with Gasteiger partial charge in [-0.3, -0.25) is 0 Å². The zero-order valence-corrected chi connectivity index (χ0v) is 19.2. The van der Waals surface area contributed by atoms with E-state index in [4.69, 9.17) is 5.11 Å². The number of rotatable bonds is 22. The van der Waals surface area contributed by atoms with E-state index in [2.05, 4.69) is 25.3 Å². The zero-order chi connectivity index (χ0) is 20.9. The van der Waals surface area contributed by atoms with Gasteiger partial charge in [-0.25, -0.2) is 4.79 Å². The molecule has 0 heterocycles. The molecular weight excluding hydrogens is 346 g/mol. The van der Waals surface area contributed by atoms with Crippen LogP contribution in [0.1, 0.15) is 123 Å². The van der Waals surface area contributed by atoms with Crippen LogP contribution in [0.3, 0.4) is 0 Å². The quantitative estimate of drug-likeness (QED) is 0.151. The molecule has 1 N–H and O–H groups in total. The Balaban J connectivity index is 3.12. The first-order chi connectivity index (χ1) is 13.6. The molecule has 0 amide bonds. The minimum Gasteiger partial charge on any atom is -0.478 e. The second-order valence-electron chi connectivity index (χ2n) is 8.34. The molecule has 3 heteroatoms. The number of carboxylic acid groups (broad SMARTS) is 1. The molecule has 0 aromatic heterocycles. The predicted molar refractivity (Wildman–Crippen MR) is 123 cm³/mol. The van der Waals surface area contributed by atoms with Crippen LogP contribution in [-0.2, 0) is 4.79 Å². The summed E-state index contributed by atoms with van der Waals surface area (Å²) in [4.78, 5) is 13.2. The molecule has 0 fully saturated rings. The minimum absolute atomic E-state index is 0.357. The third kappa shape index (κ3) is 18.5. The largest absolute Gasteiger partial charge is 0.478 e. The Hall–Kier alpha value is -0.830. The highest BCUT2D eigenvalue weighted by Crippen LogP contribution is 2.15. The second-order valence-corrected chi connectivity index (χ2v) is 8.34. The van der Waals surface area contributed by atoms with Gasteiger partial charge in [0, 0.05) is 5.57 Å². The van der Waals surface area contributed by atoms with E-state index in [1.54, 1.807) is 0 Å². The highest BCUT2D eigenvalue weighted by molar-refractivity contribution is 5.85. The van der Waals surface area contributed by atoms with E-state index in [0.717, 1.165) is 12.8 Å². The summed E-state index contributed by atoms with van der Waals surface area (Å²) in [7, 11) is 0. The van der Waals surface area contributed by atoms with Gasteiger partial charge in [-0.1, -0.05) is 110 Å². The summed E-state index contributed by atoms with van der Waals surface area (Å²) in [5, 5.41) is 8.75. The SMILES string of the molecule is C=C(CCCCCCCCCCCCCCCCCCN(CC)CC)C(=O)O. The number of unbranched alkanes of at least 4 members (excludes halogenated alkanes) is 15. The van der Waals surface area contributed by atoms with Gasteiger partial charge in [-0.2, -0.15) is 0 Å². The molecule has 0 aromatic carbocycles. The summed E-state index contributed by atoms with van der Waals surface area (Å²) in [5.41, 5.74) is 0.357. The third-order valence-electron chi connectivity index (χ3n) is 5.90. The van der Waals surface area contributed by atoms with Crippen LogP contribution in [0.2, 0.25) is 0 Å². The van der Waals surface area contributed by atoms with Crippen LogP contribution in [0, 0.1) is 0 Å². The summed E-state index contributed by atoms with van der Waals surface area (Å²) in [6.45, 7) is 11.8. The second kappa shape index (κ2) is 20.9. The molecular formula is C25H49NO2. The zero-order valence-electron chi connectivity index (χ0n) is 19.2. The average Bonchev–Trinajstić information content (AvgIpc) is 2.69. The van der Waals surface area contributed by atoms with Gasteiger partial charge >= 0.3 is 5.97 Å². The van der Waals surface area contributed by atoms with Crippen LogP contribution >= 0.6 is 0 Å². The molecule has 0 aliphatic heterocycles. The van der Waals surface area contributed by atoms with E-state index in [9.17, 15) is 4.79 Å². The number of nitrogens with zero attached hydrogens (tertiary/aromatic N) is 1. The highest BCUT2D eigenvalue weighted by Gasteiger charge is 2.02. The van der Waals surface area contributed by atoms with Crippen LogP contribution in [0.5, 0.6) is 0 Å². The number of aliphatic carboxylic acids is 1. The van der Waals surface area contributed by atoms with Crippen molar-refractivity contribution >= 4 is 5.97 Å². The van der Waals surface area contributed by atoms with Crippen molar-refractivity contribution in [1.82, 2.24) is 4.90 Å². The maximum absolute atomic E-state index is 10.6. The van der Waals surface area contributed by atoms with Crippen LogP contribution in [0.4, 0.5) is 0 Å². The Morgan fingerprint density at radius 1 is 0.643 bits per heavy atom. The molecule has 166 valence electrons.